The first-order valence-corrected chi connectivity index (χ1v) is 7.40. The van der Waals surface area contributed by atoms with Crippen molar-refractivity contribution in [2.45, 2.75) is 65.1 Å². The predicted octanol–water partition coefficient (Wildman–Crippen LogP) is 3.08. The molecule has 1 saturated carbocycles. The third-order valence-corrected chi connectivity index (χ3v) is 4.19. The third-order valence-electron chi connectivity index (χ3n) is 4.19. The summed E-state index contributed by atoms with van der Waals surface area (Å²) >= 11 is 0. The zero-order chi connectivity index (χ0) is 13.0. The van der Waals surface area contributed by atoms with Gasteiger partial charge in [-0.3, -0.25) is 4.68 Å². The highest BCUT2D eigenvalue weighted by Gasteiger charge is 2.28. The first-order chi connectivity index (χ1) is 8.66. The van der Waals surface area contributed by atoms with E-state index in [1.165, 1.54) is 25.7 Å². The Morgan fingerprint density at radius 2 is 2.06 bits per heavy atom. The topological polar surface area (TPSA) is 29.9 Å². The molecule has 3 heteroatoms. The van der Waals surface area contributed by atoms with Gasteiger partial charge in [-0.2, -0.15) is 5.10 Å². The zero-order valence-corrected chi connectivity index (χ0v) is 12.0. The van der Waals surface area contributed by atoms with Crippen LogP contribution >= 0.6 is 0 Å². The van der Waals surface area contributed by atoms with E-state index in [2.05, 4.69) is 31.2 Å². The molecular weight excluding hydrogens is 222 g/mol. The molecule has 102 valence electrons. The summed E-state index contributed by atoms with van der Waals surface area (Å²) in [4.78, 5) is 0. The lowest BCUT2D eigenvalue weighted by Gasteiger charge is -2.36. The second kappa shape index (κ2) is 6.37. The van der Waals surface area contributed by atoms with Crippen molar-refractivity contribution in [2.75, 3.05) is 0 Å². The summed E-state index contributed by atoms with van der Waals surface area (Å²) in [7, 11) is 0. The van der Waals surface area contributed by atoms with Gasteiger partial charge in [0.25, 0.3) is 0 Å². The van der Waals surface area contributed by atoms with E-state index in [9.17, 15) is 0 Å². The molecule has 0 bridgehead atoms. The van der Waals surface area contributed by atoms with Crippen molar-refractivity contribution in [3.63, 3.8) is 0 Å². The molecule has 0 saturated heterocycles. The van der Waals surface area contributed by atoms with Crippen LogP contribution in [0.5, 0.6) is 0 Å². The van der Waals surface area contributed by atoms with Crippen molar-refractivity contribution >= 4 is 0 Å². The maximum Gasteiger partial charge on any atom is 0.0560 e. The zero-order valence-electron chi connectivity index (χ0n) is 12.0. The van der Waals surface area contributed by atoms with Gasteiger partial charge in [-0.1, -0.05) is 26.7 Å². The quantitative estimate of drug-likeness (QED) is 0.869. The molecule has 3 atom stereocenters. The van der Waals surface area contributed by atoms with Crippen molar-refractivity contribution in [2.24, 2.45) is 11.8 Å². The van der Waals surface area contributed by atoms with Gasteiger partial charge in [0.05, 0.1) is 6.54 Å². The lowest BCUT2D eigenvalue weighted by atomic mass is 9.77. The van der Waals surface area contributed by atoms with Crippen LogP contribution in [0.1, 0.15) is 46.5 Å². The van der Waals surface area contributed by atoms with Gasteiger partial charge in [-0.15, -0.1) is 0 Å². The Labute approximate surface area is 111 Å². The van der Waals surface area contributed by atoms with Crippen LogP contribution in [0.25, 0.3) is 0 Å². The predicted molar refractivity (Wildman–Crippen MR) is 75.4 cm³/mol. The van der Waals surface area contributed by atoms with E-state index >= 15 is 0 Å². The second-order valence-electron chi connectivity index (χ2n) is 6.09. The number of rotatable bonds is 5. The van der Waals surface area contributed by atoms with Gasteiger partial charge < -0.3 is 5.32 Å². The smallest absolute Gasteiger partial charge is 0.0560 e. The van der Waals surface area contributed by atoms with Gasteiger partial charge in [0, 0.05) is 24.5 Å². The van der Waals surface area contributed by atoms with Crippen LogP contribution < -0.4 is 5.32 Å². The summed E-state index contributed by atoms with van der Waals surface area (Å²) in [5, 5.41) is 8.11. The average molecular weight is 249 g/mol. The molecule has 0 aliphatic heterocycles. The highest BCUT2D eigenvalue weighted by Crippen LogP contribution is 2.30. The Balaban J connectivity index is 1.86. The van der Waals surface area contributed by atoms with E-state index in [1.54, 1.807) is 0 Å². The van der Waals surface area contributed by atoms with Crippen molar-refractivity contribution in [1.82, 2.24) is 15.1 Å². The Kier molecular flexibility index (Phi) is 4.81. The molecule has 18 heavy (non-hydrogen) atoms. The van der Waals surface area contributed by atoms with Gasteiger partial charge in [0.15, 0.2) is 0 Å². The lowest BCUT2D eigenvalue weighted by Crippen LogP contribution is -2.46. The lowest BCUT2D eigenvalue weighted by molar-refractivity contribution is 0.189. The molecule has 2 rings (SSSR count). The minimum absolute atomic E-state index is 0.495. The van der Waals surface area contributed by atoms with E-state index < -0.39 is 0 Å². The maximum atomic E-state index is 4.28. The van der Waals surface area contributed by atoms with Gasteiger partial charge in [0.1, 0.15) is 0 Å². The van der Waals surface area contributed by atoms with Gasteiger partial charge in [-0.05, 0) is 37.7 Å². The summed E-state index contributed by atoms with van der Waals surface area (Å²) < 4.78 is 2.02. The molecule has 1 N–H and O–H groups in total. The molecule has 0 aromatic carbocycles. The van der Waals surface area contributed by atoms with Crippen molar-refractivity contribution in [3.05, 3.63) is 18.5 Å². The molecule has 1 aliphatic rings. The maximum absolute atomic E-state index is 4.28. The van der Waals surface area contributed by atoms with Crippen LogP contribution in [0.15, 0.2) is 18.5 Å². The number of aromatic nitrogens is 2. The molecule has 0 spiro atoms. The minimum atomic E-state index is 0.495. The van der Waals surface area contributed by atoms with Crippen LogP contribution in [0.3, 0.4) is 0 Å². The van der Waals surface area contributed by atoms with E-state index in [0.717, 1.165) is 18.4 Å². The fourth-order valence-electron chi connectivity index (χ4n) is 3.27. The van der Waals surface area contributed by atoms with Crippen LogP contribution in [0.2, 0.25) is 0 Å². The number of hydrogen-bond acceptors (Lipinski definition) is 2. The Hall–Kier alpha value is -0.830. The molecule has 3 nitrogen and oxygen atoms in total. The Bertz CT molecular complexity index is 332. The summed E-state index contributed by atoms with van der Waals surface area (Å²) in [6.45, 7) is 7.97. The number of nitrogens with zero attached hydrogens (tertiary/aromatic N) is 2. The fraction of sp³-hybridized carbons (Fsp3) is 0.800. The molecule has 1 aromatic heterocycles. The second-order valence-corrected chi connectivity index (χ2v) is 6.09. The molecule has 0 radical (unpaired) electrons. The largest absolute Gasteiger partial charge is 0.309 e. The van der Waals surface area contributed by atoms with E-state index in [-0.39, 0.29) is 0 Å². The van der Waals surface area contributed by atoms with Crippen LogP contribution in [0.4, 0.5) is 0 Å². The molecule has 0 amide bonds. The highest BCUT2D eigenvalue weighted by molar-refractivity contribution is 4.85. The Morgan fingerprint density at radius 3 is 2.72 bits per heavy atom. The molecule has 3 unspecified atom stereocenters. The van der Waals surface area contributed by atoms with E-state index in [4.69, 9.17) is 0 Å². The molecule has 1 fully saturated rings. The molecule has 1 aliphatic carbocycles. The highest BCUT2D eigenvalue weighted by atomic mass is 15.3. The summed E-state index contributed by atoms with van der Waals surface area (Å²) in [5.74, 6) is 1.64. The van der Waals surface area contributed by atoms with Crippen LogP contribution in [-0.4, -0.2) is 21.9 Å². The Morgan fingerprint density at radius 1 is 1.28 bits per heavy atom. The van der Waals surface area contributed by atoms with Gasteiger partial charge in [0.2, 0.25) is 0 Å². The van der Waals surface area contributed by atoms with E-state index in [1.807, 2.05) is 23.1 Å². The fourth-order valence-corrected chi connectivity index (χ4v) is 3.27. The van der Waals surface area contributed by atoms with Gasteiger partial charge >= 0.3 is 0 Å². The van der Waals surface area contributed by atoms with E-state index in [0.29, 0.717) is 12.1 Å². The normalized spacial score (nSPS) is 26.4. The third kappa shape index (κ3) is 3.58. The molecule has 1 aromatic rings. The summed E-state index contributed by atoms with van der Waals surface area (Å²) in [6.07, 6.45) is 9.42. The van der Waals surface area contributed by atoms with Crippen molar-refractivity contribution in [1.29, 1.82) is 0 Å². The summed E-state index contributed by atoms with van der Waals surface area (Å²) in [6, 6.07) is 3.18. The van der Waals surface area contributed by atoms with Crippen LogP contribution in [0, 0.1) is 11.8 Å². The van der Waals surface area contributed by atoms with Crippen molar-refractivity contribution < 1.29 is 0 Å². The van der Waals surface area contributed by atoms with Crippen molar-refractivity contribution in [3.8, 4) is 0 Å². The molecular formula is C15H27N3. The minimum Gasteiger partial charge on any atom is -0.309 e. The SMILES string of the molecule is CC(Cn1cccn1)NC1CCCCC1C(C)C. The van der Waals surface area contributed by atoms with Crippen LogP contribution in [-0.2, 0) is 6.54 Å². The monoisotopic (exact) mass is 249 g/mol. The number of hydrogen-bond donors (Lipinski definition) is 1. The first kappa shape index (κ1) is 13.6. The average Bonchev–Trinajstić information content (AvgIpc) is 2.82. The summed E-state index contributed by atoms with van der Waals surface area (Å²) in [5.41, 5.74) is 0. The van der Waals surface area contributed by atoms with Gasteiger partial charge in [-0.25, -0.2) is 0 Å². The first-order valence-electron chi connectivity index (χ1n) is 7.40. The number of nitrogens with one attached hydrogen (secondary N) is 1. The molecule has 1 heterocycles. The standard InChI is InChI=1S/C15H27N3/c1-12(2)14-7-4-5-8-15(14)17-13(3)11-18-10-6-9-16-18/h6,9-10,12-15,17H,4-5,7-8,11H2,1-3H3.